The van der Waals surface area contributed by atoms with E-state index < -0.39 is 46.9 Å². The number of aryl methyl sites for hydroxylation is 1. The first kappa shape index (κ1) is 46.6. The molecule has 17 heteroatoms. The first-order valence-corrected chi connectivity index (χ1v) is 23.9. The lowest BCUT2D eigenvalue weighted by Gasteiger charge is -2.53. The van der Waals surface area contributed by atoms with Crippen molar-refractivity contribution in [3.63, 3.8) is 0 Å². The van der Waals surface area contributed by atoms with Crippen LogP contribution in [0, 0.1) is 11.3 Å². The first-order chi connectivity index (χ1) is 31.0. The van der Waals surface area contributed by atoms with Crippen LogP contribution >= 0.6 is 11.3 Å². The van der Waals surface area contributed by atoms with E-state index in [1.165, 1.54) is 21.2 Å². The number of pyridine rings is 1. The number of amides is 4. The second-order valence-corrected chi connectivity index (χ2v) is 20.4. The van der Waals surface area contributed by atoms with Crippen LogP contribution < -0.4 is 10.7 Å². The predicted octanol–water partition coefficient (Wildman–Crippen LogP) is 5.30. The van der Waals surface area contributed by atoms with Gasteiger partial charge in [-0.1, -0.05) is 33.8 Å². The SMILES string of the molecule is CCn1c(-c2cccnc2[C@H](C)OC)c2c3cc(ccc31)-c1csc(n1)C[C@H](NC(=O)C(C(C)C)N(C)C(=O)N1CCOC3(CN(C)C3)C1)C(=O)N1CCC[C@H](N1)C(=O)OCC(C)(C)C2. The first-order valence-electron chi connectivity index (χ1n) is 23.0. The summed E-state index contributed by atoms with van der Waals surface area (Å²) in [6.07, 6.45) is 3.28. The van der Waals surface area contributed by atoms with Crippen LogP contribution in [0.15, 0.2) is 41.9 Å². The van der Waals surface area contributed by atoms with E-state index in [0.717, 1.165) is 57.8 Å². The molecule has 4 aliphatic heterocycles. The lowest BCUT2D eigenvalue weighted by Crippen LogP contribution is -2.70. The number of rotatable bonds is 8. The molecule has 1 aromatic carbocycles. The molecule has 0 aliphatic carbocycles. The molecule has 3 saturated heterocycles. The number of nitrogens with zero attached hydrogens (tertiary/aromatic N) is 7. The Kier molecular flexibility index (Phi) is 13.4. The fourth-order valence-corrected chi connectivity index (χ4v) is 11.1. The Bertz CT molecular complexity index is 2420. The topological polar surface area (TPSA) is 164 Å². The largest absolute Gasteiger partial charge is 0.464 e. The van der Waals surface area contributed by atoms with E-state index in [1.54, 1.807) is 25.3 Å². The van der Waals surface area contributed by atoms with Crippen molar-refractivity contribution >= 4 is 46.1 Å². The van der Waals surface area contributed by atoms with Crippen molar-refractivity contribution in [2.75, 3.05) is 67.1 Å². The molecule has 0 radical (unpaired) electrons. The number of morpholine rings is 1. The van der Waals surface area contributed by atoms with Gasteiger partial charge in [0, 0.05) is 92.3 Å². The summed E-state index contributed by atoms with van der Waals surface area (Å²) in [7, 11) is 5.37. The van der Waals surface area contributed by atoms with Gasteiger partial charge < -0.3 is 38.8 Å². The summed E-state index contributed by atoms with van der Waals surface area (Å²) in [5.74, 6) is -1.56. The van der Waals surface area contributed by atoms with Gasteiger partial charge >= 0.3 is 12.0 Å². The van der Waals surface area contributed by atoms with Crippen LogP contribution in [0.4, 0.5) is 4.79 Å². The van der Waals surface area contributed by atoms with Crippen molar-refractivity contribution in [2.45, 2.75) is 104 Å². The maximum Gasteiger partial charge on any atom is 0.324 e. The minimum Gasteiger partial charge on any atom is -0.464 e. The summed E-state index contributed by atoms with van der Waals surface area (Å²) in [5.41, 5.74) is 8.98. The van der Waals surface area contributed by atoms with Crippen LogP contribution in [0.5, 0.6) is 0 Å². The molecule has 8 rings (SSSR count). The van der Waals surface area contributed by atoms with Crippen LogP contribution in [0.1, 0.15) is 76.8 Å². The van der Waals surface area contributed by atoms with Crippen molar-refractivity contribution < 1.29 is 33.4 Å². The molecule has 16 nitrogen and oxygen atoms in total. The summed E-state index contributed by atoms with van der Waals surface area (Å²) in [6.45, 7) is 16.1. The van der Waals surface area contributed by atoms with Gasteiger partial charge in [-0.2, -0.15) is 0 Å². The maximum absolute atomic E-state index is 14.7. The van der Waals surface area contributed by atoms with Gasteiger partial charge in [0.15, 0.2) is 0 Å². The summed E-state index contributed by atoms with van der Waals surface area (Å²) >= 11 is 1.43. The monoisotopic (exact) mass is 911 g/mol. The number of ether oxygens (including phenoxy) is 3. The number of carbonyl (C=O) groups excluding carboxylic acids is 4. The molecule has 4 amide bonds. The number of aromatic nitrogens is 3. The molecule has 6 bridgehead atoms. The van der Waals surface area contributed by atoms with Gasteiger partial charge in [-0.15, -0.1) is 11.3 Å². The molecule has 4 atom stereocenters. The molecule has 4 aromatic rings. The van der Waals surface area contributed by atoms with Crippen LogP contribution in [-0.4, -0.2) is 149 Å². The van der Waals surface area contributed by atoms with Gasteiger partial charge in [0.1, 0.15) is 23.7 Å². The Labute approximate surface area is 385 Å². The van der Waals surface area contributed by atoms with E-state index in [4.69, 9.17) is 24.2 Å². The summed E-state index contributed by atoms with van der Waals surface area (Å²) in [5, 5.41) is 8.22. The predicted molar refractivity (Wildman–Crippen MR) is 249 cm³/mol. The Morgan fingerprint density at radius 3 is 2.63 bits per heavy atom. The van der Waals surface area contributed by atoms with Crippen LogP contribution in [0.2, 0.25) is 0 Å². The minimum atomic E-state index is -1.05. The van der Waals surface area contributed by atoms with Crippen LogP contribution in [-0.2, 0) is 48.0 Å². The smallest absolute Gasteiger partial charge is 0.324 e. The fraction of sp³-hybridized carbons (Fsp3) is 0.583. The van der Waals surface area contributed by atoms with Crippen LogP contribution in [0.25, 0.3) is 33.4 Å². The third-order valence-electron chi connectivity index (χ3n) is 13.4. The average Bonchev–Trinajstić information content (AvgIpc) is 3.88. The molecule has 1 unspecified atom stereocenters. The number of hydrogen-bond acceptors (Lipinski definition) is 12. The standard InChI is InChI=1S/C48H65N9O7S/c1-10-56-38-16-15-31-21-33(38)34(42(56)32-13-11-17-49-40(32)30(4)62-9)23-47(5,6)28-63-45(60)35-14-12-18-57(52-35)44(59)36(22-39-50-37(31)24-65-39)51-43(58)41(29(2)3)54(8)46(61)55-19-20-64-48(27-55)25-53(7)26-48/h11,13,15-17,21,24,29-30,35-36,41,52H,10,12,14,18-20,22-23,25-28H2,1-9H3,(H,51,58)/t30-,35-,36-,41?/m0/s1. The number of likely N-dealkylation sites (tertiary alicyclic amines) is 1. The number of cyclic esters (lactones) is 1. The van der Waals surface area contributed by atoms with Gasteiger partial charge in [0.05, 0.1) is 48.0 Å². The minimum absolute atomic E-state index is 0.101. The summed E-state index contributed by atoms with van der Waals surface area (Å²) < 4.78 is 20.4. The van der Waals surface area contributed by atoms with E-state index >= 15 is 0 Å². The number of benzene rings is 1. The van der Waals surface area contributed by atoms with Crippen molar-refractivity contribution in [1.82, 2.24) is 45.0 Å². The lowest BCUT2D eigenvalue weighted by molar-refractivity contribution is -0.171. The quantitative estimate of drug-likeness (QED) is 0.221. The molecule has 7 heterocycles. The molecule has 0 saturated carbocycles. The molecule has 3 aromatic heterocycles. The van der Waals surface area contributed by atoms with E-state index in [0.29, 0.717) is 57.1 Å². The Hall–Kier alpha value is -4.94. The Morgan fingerprint density at radius 2 is 1.91 bits per heavy atom. The zero-order valence-electron chi connectivity index (χ0n) is 39.3. The number of hydrazine groups is 1. The highest BCUT2D eigenvalue weighted by Gasteiger charge is 2.48. The fourth-order valence-electron chi connectivity index (χ4n) is 10.2. The highest BCUT2D eigenvalue weighted by atomic mass is 32.1. The number of methoxy groups -OCH3 is 1. The molecule has 1 spiro atoms. The molecular weight excluding hydrogens is 847 g/mol. The number of hydrogen-bond donors (Lipinski definition) is 2. The molecule has 2 N–H and O–H groups in total. The lowest BCUT2D eigenvalue weighted by atomic mass is 9.84. The number of thiazole rings is 1. The van der Waals surface area contributed by atoms with E-state index in [9.17, 15) is 19.2 Å². The van der Waals surface area contributed by atoms with Crippen LogP contribution in [0.3, 0.4) is 0 Å². The average molecular weight is 912 g/mol. The zero-order chi connectivity index (χ0) is 46.4. The summed E-state index contributed by atoms with van der Waals surface area (Å²) in [4.78, 5) is 72.5. The molecule has 350 valence electrons. The summed E-state index contributed by atoms with van der Waals surface area (Å²) in [6, 6.07) is 7.51. The third-order valence-corrected chi connectivity index (χ3v) is 14.3. The molecular formula is C48H65N9O7S. The molecule has 4 aliphatic rings. The highest BCUT2D eigenvalue weighted by molar-refractivity contribution is 7.10. The maximum atomic E-state index is 14.7. The van der Waals surface area contributed by atoms with Gasteiger partial charge in [-0.25, -0.2) is 15.2 Å². The molecule has 3 fully saturated rings. The van der Waals surface area contributed by atoms with Gasteiger partial charge in [-0.05, 0) is 75.9 Å². The number of likely N-dealkylation sites (N-methyl/N-ethyl adjacent to an activating group) is 2. The number of urea groups is 1. The van der Waals surface area contributed by atoms with Gasteiger partial charge in [0.25, 0.3) is 5.91 Å². The van der Waals surface area contributed by atoms with Crippen molar-refractivity contribution in [3.8, 4) is 22.5 Å². The van der Waals surface area contributed by atoms with E-state index in [2.05, 4.69) is 65.2 Å². The van der Waals surface area contributed by atoms with E-state index in [-0.39, 0.29) is 31.1 Å². The Morgan fingerprint density at radius 1 is 1.12 bits per heavy atom. The number of esters is 1. The Balaban J connectivity index is 1.15. The second-order valence-electron chi connectivity index (χ2n) is 19.5. The highest BCUT2D eigenvalue weighted by Crippen LogP contribution is 2.42. The van der Waals surface area contributed by atoms with E-state index in [1.807, 2.05) is 39.3 Å². The van der Waals surface area contributed by atoms with Gasteiger partial charge in [0.2, 0.25) is 5.91 Å². The number of carbonyl (C=O) groups is 4. The number of nitrogens with one attached hydrogen (secondary N) is 2. The third kappa shape index (κ3) is 9.40. The second kappa shape index (κ2) is 18.7. The molecule has 65 heavy (non-hydrogen) atoms. The van der Waals surface area contributed by atoms with Gasteiger partial charge in [-0.3, -0.25) is 24.4 Å². The van der Waals surface area contributed by atoms with Crippen molar-refractivity contribution in [3.05, 3.63) is 58.2 Å². The normalized spacial score (nSPS) is 22.3. The van der Waals surface area contributed by atoms with Crippen molar-refractivity contribution in [2.24, 2.45) is 11.3 Å². The number of fused-ring (bicyclic) bond motifs is 6. The van der Waals surface area contributed by atoms with Crippen molar-refractivity contribution in [1.29, 1.82) is 0 Å². The zero-order valence-corrected chi connectivity index (χ0v) is 40.1.